The number of likely N-dealkylation sites (N-methyl/N-ethyl adjacent to an activating group) is 1. The van der Waals surface area contributed by atoms with Crippen molar-refractivity contribution in [1.29, 1.82) is 5.41 Å². The molecule has 2 aromatic rings. The van der Waals surface area contributed by atoms with E-state index in [0.717, 1.165) is 37.2 Å². The Morgan fingerprint density at radius 3 is 2.68 bits per heavy atom. The summed E-state index contributed by atoms with van der Waals surface area (Å²) in [5.41, 5.74) is 9.57. The summed E-state index contributed by atoms with van der Waals surface area (Å²) in [6.45, 7) is 4.17. The highest BCUT2D eigenvalue weighted by Gasteiger charge is 2.15. The lowest BCUT2D eigenvalue weighted by Crippen LogP contribution is -2.44. The zero-order valence-electron chi connectivity index (χ0n) is 12.7. The van der Waals surface area contributed by atoms with Gasteiger partial charge in [0.1, 0.15) is 0 Å². The van der Waals surface area contributed by atoms with E-state index in [-0.39, 0.29) is 0 Å². The lowest BCUT2D eigenvalue weighted by molar-refractivity contribution is 0.313. The van der Waals surface area contributed by atoms with Crippen LogP contribution in [-0.4, -0.2) is 54.3 Å². The minimum Gasteiger partial charge on any atom is -0.404 e. The Morgan fingerprint density at radius 1 is 1.23 bits per heavy atom. The van der Waals surface area contributed by atoms with E-state index < -0.39 is 0 Å². The molecule has 0 amide bonds. The molecule has 0 atom stereocenters. The summed E-state index contributed by atoms with van der Waals surface area (Å²) in [5, 5.41) is 7.37. The smallest absolute Gasteiger partial charge is 0.0922 e. The Labute approximate surface area is 129 Å². The lowest BCUT2D eigenvalue weighted by atomic mass is 10.2. The van der Waals surface area contributed by atoms with Gasteiger partial charge in [0, 0.05) is 49.9 Å². The monoisotopic (exact) mass is 296 g/mol. The van der Waals surface area contributed by atoms with Crippen molar-refractivity contribution in [1.82, 2.24) is 14.9 Å². The minimum absolute atomic E-state index is 0.569. The molecule has 114 valence electrons. The Balaban J connectivity index is 1.95. The molecule has 0 unspecified atom stereocenters. The van der Waals surface area contributed by atoms with Crippen molar-refractivity contribution in [2.45, 2.75) is 0 Å². The van der Waals surface area contributed by atoms with E-state index in [9.17, 15) is 0 Å². The molecule has 2 heterocycles. The quantitative estimate of drug-likeness (QED) is 0.835. The van der Waals surface area contributed by atoms with Crippen LogP contribution in [0.15, 0.2) is 30.6 Å². The van der Waals surface area contributed by atoms with E-state index in [1.807, 2.05) is 6.07 Å². The minimum atomic E-state index is 0.569. The first-order valence-electron chi connectivity index (χ1n) is 7.34. The fourth-order valence-electron chi connectivity index (χ4n) is 2.61. The molecule has 0 aliphatic carbocycles. The van der Waals surface area contributed by atoms with E-state index in [0.29, 0.717) is 11.3 Å². The van der Waals surface area contributed by atoms with Crippen LogP contribution in [0.4, 0.5) is 5.69 Å². The topological polar surface area (TPSA) is 82.1 Å². The molecule has 3 rings (SSSR count). The predicted octanol–water partition coefficient (Wildman–Crippen LogP) is 1.33. The summed E-state index contributed by atoms with van der Waals surface area (Å²) >= 11 is 0. The molecule has 1 fully saturated rings. The standard InChI is InChI=1S/C16H20N6/c1-21-4-6-22(7-5-21)13-2-3-14-15(8-13)20-16(11-19-14)12(9-17)10-18/h2-3,8-11,17H,4-7,18H2,1H3/b12-10+,17-9?. The number of allylic oxidation sites excluding steroid dienone is 1. The van der Waals surface area contributed by atoms with E-state index in [2.05, 4.69) is 38.9 Å². The third-order valence-electron chi connectivity index (χ3n) is 4.03. The maximum Gasteiger partial charge on any atom is 0.0922 e. The fraction of sp³-hybridized carbons (Fsp3) is 0.312. The summed E-state index contributed by atoms with van der Waals surface area (Å²) < 4.78 is 0. The number of hydrogen-bond acceptors (Lipinski definition) is 6. The third-order valence-corrected chi connectivity index (χ3v) is 4.03. The zero-order chi connectivity index (χ0) is 15.5. The van der Waals surface area contributed by atoms with Crippen LogP contribution in [0.3, 0.4) is 0 Å². The molecule has 1 aromatic heterocycles. The van der Waals surface area contributed by atoms with Gasteiger partial charge in [0.05, 0.1) is 22.9 Å². The number of fused-ring (bicyclic) bond motifs is 1. The molecular formula is C16H20N6. The van der Waals surface area contributed by atoms with Crippen LogP contribution >= 0.6 is 0 Å². The van der Waals surface area contributed by atoms with E-state index in [1.165, 1.54) is 18.1 Å². The van der Waals surface area contributed by atoms with Gasteiger partial charge in [-0.15, -0.1) is 0 Å². The SMILES string of the molecule is CN1CCN(c2ccc3ncc(/C(C=N)=C/N)nc3c2)CC1. The van der Waals surface area contributed by atoms with Crippen molar-refractivity contribution < 1.29 is 0 Å². The normalized spacial score (nSPS) is 17.0. The van der Waals surface area contributed by atoms with Crippen LogP contribution in [0, 0.1) is 5.41 Å². The molecule has 3 N–H and O–H groups in total. The van der Waals surface area contributed by atoms with Gasteiger partial charge in [0.15, 0.2) is 0 Å². The number of piperazine rings is 1. The zero-order valence-corrected chi connectivity index (χ0v) is 12.7. The second-order valence-corrected chi connectivity index (χ2v) is 5.48. The molecule has 1 aromatic carbocycles. The molecule has 1 saturated heterocycles. The van der Waals surface area contributed by atoms with Crippen molar-refractivity contribution >= 4 is 28.5 Å². The number of anilines is 1. The maximum atomic E-state index is 7.37. The van der Waals surface area contributed by atoms with Crippen molar-refractivity contribution in [2.24, 2.45) is 5.73 Å². The van der Waals surface area contributed by atoms with Crippen molar-refractivity contribution in [2.75, 3.05) is 38.1 Å². The van der Waals surface area contributed by atoms with Gasteiger partial charge in [0.25, 0.3) is 0 Å². The van der Waals surface area contributed by atoms with Gasteiger partial charge in [-0.3, -0.25) is 4.98 Å². The van der Waals surface area contributed by atoms with Crippen LogP contribution in [0.1, 0.15) is 5.69 Å². The van der Waals surface area contributed by atoms with Crippen molar-refractivity contribution in [3.8, 4) is 0 Å². The number of rotatable bonds is 3. The van der Waals surface area contributed by atoms with Crippen LogP contribution in [-0.2, 0) is 0 Å². The number of nitrogens with zero attached hydrogens (tertiary/aromatic N) is 4. The Morgan fingerprint density at radius 2 is 2.00 bits per heavy atom. The molecule has 1 aliphatic rings. The fourth-order valence-corrected chi connectivity index (χ4v) is 2.61. The Bertz CT molecular complexity index is 716. The number of nitrogens with two attached hydrogens (primary N) is 1. The molecule has 6 nitrogen and oxygen atoms in total. The van der Waals surface area contributed by atoms with Gasteiger partial charge in [-0.2, -0.15) is 0 Å². The molecule has 0 radical (unpaired) electrons. The summed E-state index contributed by atoms with van der Waals surface area (Å²) in [5.74, 6) is 0. The molecule has 0 spiro atoms. The average molecular weight is 296 g/mol. The van der Waals surface area contributed by atoms with Crippen LogP contribution in [0.5, 0.6) is 0 Å². The third kappa shape index (κ3) is 2.78. The number of hydrogen-bond donors (Lipinski definition) is 2. The van der Waals surface area contributed by atoms with Crippen LogP contribution < -0.4 is 10.6 Å². The summed E-state index contributed by atoms with van der Waals surface area (Å²) in [4.78, 5) is 13.7. The first kappa shape index (κ1) is 14.5. The van der Waals surface area contributed by atoms with Crippen LogP contribution in [0.2, 0.25) is 0 Å². The lowest BCUT2D eigenvalue weighted by Gasteiger charge is -2.34. The van der Waals surface area contributed by atoms with Gasteiger partial charge < -0.3 is 20.9 Å². The van der Waals surface area contributed by atoms with E-state index in [1.54, 1.807) is 6.20 Å². The number of benzene rings is 1. The molecule has 6 heteroatoms. The molecular weight excluding hydrogens is 276 g/mol. The van der Waals surface area contributed by atoms with E-state index in [4.69, 9.17) is 11.1 Å². The highest BCUT2D eigenvalue weighted by molar-refractivity contribution is 6.07. The van der Waals surface area contributed by atoms with Gasteiger partial charge >= 0.3 is 0 Å². The molecule has 0 bridgehead atoms. The van der Waals surface area contributed by atoms with Gasteiger partial charge in [-0.25, -0.2) is 4.98 Å². The Hall–Kier alpha value is -2.47. The molecule has 22 heavy (non-hydrogen) atoms. The second-order valence-electron chi connectivity index (χ2n) is 5.48. The first-order valence-corrected chi connectivity index (χ1v) is 7.34. The Kier molecular flexibility index (Phi) is 4.02. The number of aromatic nitrogens is 2. The van der Waals surface area contributed by atoms with Gasteiger partial charge in [-0.05, 0) is 25.2 Å². The summed E-state index contributed by atoms with van der Waals surface area (Å²) in [7, 11) is 2.15. The number of nitrogens with one attached hydrogen (secondary N) is 1. The van der Waals surface area contributed by atoms with Crippen molar-refractivity contribution in [3.05, 3.63) is 36.3 Å². The molecule has 1 aliphatic heterocycles. The average Bonchev–Trinajstić information content (AvgIpc) is 2.56. The molecule has 0 saturated carbocycles. The largest absolute Gasteiger partial charge is 0.404 e. The summed E-state index contributed by atoms with van der Waals surface area (Å²) in [6.07, 6.45) is 4.23. The first-order chi connectivity index (χ1) is 10.7. The van der Waals surface area contributed by atoms with Crippen molar-refractivity contribution in [3.63, 3.8) is 0 Å². The van der Waals surface area contributed by atoms with Gasteiger partial charge in [-0.1, -0.05) is 0 Å². The predicted molar refractivity (Wildman–Crippen MR) is 90.2 cm³/mol. The van der Waals surface area contributed by atoms with Gasteiger partial charge in [0.2, 0.25) is 0 Å². The van der Waals surface area contributed by atoms with Crippen LogP contribution in [0.25, 0.3) is 16.6 Å². The highest BCUT2D eigenvalue weighted by Crippen LogP contribution is 2.22. The highest BCUT2D eigenvalue weighted by atomic mass is 15.2. The second kappa shape index (κ2) is 6.11. The maximum absolute atomic E-state index is 7.37. The summed E-state index contributed by atoms with van der Waals surface area (Å²) in [6, 6.07) is 6.16. The van der Waals surface area contributed by atoms with E-state index >= 15 is 0 Å².